The molecular weight excluding hydrogens is 1220 g/mol. The molecule has 0 radical (unpaired) electrons. The van der Waals surface area contributed by atoms with Crippen LogP contribution in [-0.4, -0.2) is 131 Å². The van der Waals surface area contributed by atoms with Crippen molar-refractivity contribution in [1.82, 2.24) is 0 Å². The average Bonchev–Trinajstić information content (AvgIpc) is 0.763. The molecule has 18 heteroatoms. The van der Waals surface area contributed by atoms with E-state index >= 15 is 0 Å². The van der Waals surface area contributed by atoms with E-state index in [0.29, 0.717) is 0 Å². The Labute approximate surface area is 563 Å². The number of carbonyl (C=O) groups excluding carboxylic acids is 2. The normalized spacial score (nSPS) is 27.7. The zero-order valence-corrected chi connectivity index (χ0v) is 55.7. The van der Waals surface area contributed by atoms with Gasteiger partial charge in [-0.3, -0.25) is 9.59 Å². The molecule has 0 aromatic heterocycles. The first-order chi connectivity index (χ1) is 46.6. The molecule has 11 rings (SSSR count). The van der Waals surface area contributed by atoms with Crippen LogP contribution in [-0.2, 0) is 125 Å². The van der Waals surface area contributed by atoms with E-state index in [9.17, 15) is 9.59 Å². The number of fused-ring (bicyclic) bond motifs is 1. The van der Waals surface area contributed by atoms with Gasteiger partial charge in [0.05, 0.1) is 57.1 Å². The highest BCUT2D eigenvalue weighted by molar-refractivity contribution is 5.75. The first kappa shape index (κ1) is 70.2. The van der Waals surface area contributed by atoms with E-state index in [1.54, 1.807) is 41.5 Å². The number of esters is 2. The van der Waals surface area contributed by atoms with Crippen molar-refractivity contribution in [2.45, 2.75) is 180 Å². The van der Waals surface area contributed by atoms with Crippen LogP contribution >= 0.6 is 0 Å². The van der Waals surface area contributed by atoms with Crippen molar-refractivity contribution in [3.63, 3.8) is 0 Å². The smallest absolute Gasteiger partial charge is 0.311 e. The molecule has 0 saturated carbocycles. The molecule has 4 aliphatic rings. The Hall–Kier alpha value is -7.08. The van der Waals surface area contributed by atoms with Gasteiger partial charge in [0.25, 0.3) is 0 Å². The highest BCUT2D eigenvalue weighted by atomic mass is 16.8. The second-order valence-corrected chi connectivity index (χ2v) is 26.5. The van der Waals surface area contributed by atoms with Gasteiger partial charge in [-0.15, -0.1) is 0 Å². The fraction of sp³-hybridized carbons (Fsp3) is 0.436. The van der Waals surface area contributed by atoms with Gasteiger partial charge in [0.2, 0.25) is 0 Å². The van der Waals surface area contributed by atoms with Crippen molar-refractivity contribution in [2.75, 3.05) is 26.9 Å². The molecule has 0 spiro atoms. The molecule has 0 amide bonds. The number of hydrogen-bond acceptors (Lipinski definition) is 18. The van der Waals surface area contributed by atoms with E-state index in [0.717, 1.165) is 38.9 Å². The summed E-state index contributed by atoms with van der Waals surface area (Å²) in [6.07, 6.45) is -17.0. The minimum atomic E-state index is -1.43. The summed E-state index contributed by atoms with van der Waals surface area (Å²) in [4.78, 5) is 28.1. The molecule has 7 aromatic rings. The molecule has 4 heterocycles. The minimum Gasteiger partial charge on any atom is -0.462 e. The maximum atomic E-state index is 14.2. The Bertz CT molecular complexity index is 3420. The van der Waals surface area contributed by atoms with Crippen LogP contribution in [0.25, 0.3) is 0 Å². The molecule has 18 nitrogen and oxygen atoms in total. The summed E-state index contributed by atoms with van der Waals surface area (Å²) in [7, 11) is 1.52. The largest absolute Gasteiger partial charge is 0.462 e. The van der Waals surface area contributed by atoms with E-state index in [-0.39, 0.29) is 59.5 Å². The molecular formula is C78H90O18. The fourth-order valence-corrected chi connectivity index (χ4v) is 11.8. The number of ether oxygens (including phenoxy) is 16. The van der Waals surface area contributed by atoms with Gasteiger partial charge in [-0.1, -0.05) is 212 Å². The summed E-state index contributed by atoms with van der Waals surface area (Å²) in [6, 6.07) is 68.3. The Morgan fingerprint density at radius 2 is 0.667 bits per heavy atom. The standard InChI is InChI=1S/C78H90O18/c1-77(2,3)75(79)89-50-60-63(65(82-43-52-29-15-8-16-30-52)68(72(81-7)91-60)85-46-55-35-21-11-22-36-55)95-74-70(87-48-57-39-25-13-26-40-57)67(84-45-54-33-19-10-20-34-54)64(61(93-74)51-90-76(80)78(4,5)6)96-73-69(86-47-56-37-23-12-24-38-56)66(83-44-53-31-17-9-18-32-53)62-59(92-73)49-88-71(94-62)58-41-27-14-28-42-58/h8-42,59-74H,43-51H2,1-7H3/t59-,60-,61-,62-,63-,64-,65+,66+,67+,68+,69+,70+,71?,72-,73-,74+/m1/s1. The topological polar surface area (TPSA) is 182 Å². The highest BCUT2D eigenvalue weighted by Crippen LogP contribution is 2.42. The van der Waals surface area contributed by atoms with Crippen LogP contribution < -0.4 is 0 Å². The van der Waals surface area contributed by atoms with Gasteiger partial charge in [0.1, 0.15) is 86.5 Å². The number of methoxy groups -OCH3 is 1. The summed E-state index contributed by atoms with van der Waals surface area (Å²) in [5.41, 5.74) is 4.19. The van der Waals surface area contributed by atoms with Gasteiger partial charge in [0, 0.05) is 12.7 Å². The molecule has 1 unspecified atom stereocenters. The van der Waals surface area contributed by atoms with Crippen molar-refractivity contribution >= 4 is 11.9 Å². The van der Waals surface area contributed by atoms with Crippen LogP contribution in [0.3, 0.4) is 0 Å². The van der Waals surface area contributed by atoms with Crippen LogP contribution in [0.5, 0.6) is 0 Å². The summed E-state index contributed by atoms with van der Waals surface area (Å²) in [5, 5.41) is 0. The lowest BCUT2D eigenvalue weighted by molar-refractivity contribution is -0.405. The maximum Gasteiger partial charge on any atom is 0.311 e. The summed E-state index contributed by atoms with van der Waals surface area (Å²) in [6.45, 7) is 10.7. The monoisotopic (exact) mass is 1310 g/mol. The molecule has 7 aromatic carbocycles. The molecule has 0 bridgehead atoms. The van der Waals surface area contributed by atoms with Gasteiger partial charge in [0.15, 0.2) is 25.2 Å². The predicted octanol–water partition coefficient (Wildman–Crippen LogP) is 12.4. The fourth-order valence-electron chi connectivity index (χ4n) is 11.8. The maximum absolute atomic E-state index is 14.2. The number of benzene rings is 7. The second kappa shape index (κ2) is 33.9. The van der Waals surface area contributed by atoms with E-state index in [1.807, 2.05) is 212 Å². The van der Waals surface area contributed by atoms with E-state index < -0.39 is 121 Å². The zero-order valence-electron chi connectivity index (χ0n) is 55.7. The van der Waals surface area contributed by atoms with Gasteiger partial charge in [-0.2, -0.15) is 0 Å². The van der Waals surface area contributed by atoms with Crippen molar-refractivity contribution in [3.05, 3.63) is 251 Å². The molecule has 4 saturated heterocycles. The Morgan fingerprint density at radius 3 is 1.02 bits per heavy atom. The van der Waals surface area contributed by atoms with Gasteiger partial charge in [-0.25, -0.2) is 0 Å². The molecule has 4 aliphatic heterocycles. The van der Waals surface area contributed by atoms with Gasteiger partial charge in [-0.05, 0) is 74.9 Å². The van der Waals surface area contributed by atoms with E-state index in [2.05, 4.69) is 0 Å². The van der Waals surface area contributed by atoms with Crippen molar-refractivity contribution < 1.29 is 85.4 Å². The van der Waals surface area contributed by atoms with E-state index in [1.165, 1.54) is 7.11 Å². The molecule has 4 fully saturated rings. The van der Waals surface area contributed by atoms with Crippen molar-refractivity contribution in [3.8, 4) is 0 Å². The Kier molecular flexibility index (Phi) is 24.8. The first-order valence-corrected chi connectivity index (χ1v) is 33.0. The van der Waals surface area contributed by atoms with Crippen LogP contribution in [0.4, 0.5) is 0 Å². The SMILES string of the molecule is CO[C@@H]1O[C@H](COC(=O)C(C)(C)C)[C@@H](O[C@@H]2O[C@H](COC(=O)C(C)(C)C)[C@@H](O[C@H]3O[C@@H]4COC(c5ccccc5)O[C@H]4[C@H](OCc4ccccc4)[C@@H]3OCc3ccccc3)[C@H](OCc3ccccc3)[C@@H]2OCc2ccccc2)[C@H](OCc2ccccc2)[C@@H]1OCc1ccccc1. The first-order valence-electron chi connectivity index (χ1n) is 33.0. The minimum absolute atomic E-state index is 0.0335. The summed E-state index contributed by atoms with van der Waals surface area (Å²) < 4.78 is 112. The second-order valence-electron chi connectivity index (χ2n) is 26.5. The number of rotatable bonds is 28. The molecule has 510 valence electrons. The third-order valence-corrected chi connectivity index (χ3v) is 17.0. The van der Waals surface area contributed by atoms with Crippen LogP contribution in [0, 0.1) is 10.8 Å². The average molecular weight is 1320 g/mol. The quantitative estimate of drug-likeness (QED) is 0.0422. The lowest BCUT2D eigenvalue weighted by atomic mass is 9.94. The molecule has 0 aliphatic carbocycles. The van der Waals surface area contributed by atoms with Crippen molar-refractivity contribution in [2.24, 2.45) is 10.8 Å². The van der Waals surface area contributed by atoms with Crippen LogP contribution in [0.2, 0.25) is 0 Å². The van der Waals surface area contributed by atoms with Gasteiger partial charge >= 0.3 is 11.9 Å². The summed E-state index contributed by atoms with van der Waals surface area (Å²) >= 11 is 0. The Balaban J connectivity index is 1.03. The predicted molar refractivity (Wildman–Crippen MR) is 354 cm³/mol. The molecule has 16 atom stereocenters. The number of hydrogen-bond donors (Lipinski definition) is 0. The lowest BCUT2D eigenvalue weighted by Gasteiger charge is -2.52. The van der Waals surface area contributed by atoms with Crippen LogP contribution in [0.15, 0.2) is 212 Å². The zero-order chi connectivity index (χ0) is 66.9. The molecule has 0 N–H and O–H groups in total. The highest BCUT2D eigenvalue weighted by Gasteiger charge is 2.58. The third-order valence-electron chi connectivity index (χ3n) is 17.0. The lowest BCUT2D eigenvalue weighted by Crippen LogP contribution is -2.68. The summed E-state index contributed by atoms with van der Waals surface area (Å²) in [5.74, 6) is -0.987. The van der Waals surface area contributed by atoms with E-state index in [4.69, 9.17) is 75.8 Å². The number of carbonyl (C=O) groups is 2. The van der Waals surface area contributed by atoms with Gasteiger partial charge < -0.3 is 75.8 Å². The third kappa shape index (κ3) is 19.0. The molecule has 96 heavy (non-hydrogen) atoms. The Morgan fingerprint density at radius 1 is 0.365 bits per heavy atom. The van der Waals surface area contributed by atoms with Crippen molar-refractivity contribution in [1.29, 1.82) is 0 Å². The van der Waals surface area contributed by atoms with Crippen LogP contribution in [0.1, 0.15) is 86.8 Å².